The lowest BCUT2D eigenvalue weighted by atomic mass is 9.97. The van der Waals surface area contributed by atoms with Crippen molar-refractivity contribution in [1.82, 2.24) is 14.9 Å². The van der Waals surface area contributed by atoms with Crippen LogP contribution in [0.15, 0.2) is 60.8 Å². The number of rotatable bonds is 3. The van der Waals surface area contributed by atoms with E-state index in [9.17, 15) is 4.79 Å². The molecule has 0 aliphatic carbocycles. The lowest BCUT2D eigenvalue weighted by molar-refractivity contribution is -0.132. The second-order valence-corrected chi connectivity index (χ2v) is 8.28. The molecule has 30 heavy (non-hydrogen) atoms. The molecule has 2 aromatic carbocycles. The van der Waals surface area contributed by atoms with Crippen molar-refractivity contribution in [1.29, 1.82) is 0 Å². The van der Waals surface area contributed by atoms with Crippen molar-refractivity contribution in [2.75, 3.05) is 31.1 Å². The van der Waals surface area contributed by atoms with Crippen molar-refractivity contribution in [2.45, 2.75) is 12.8 Å². The average Bonchev–Trinajstić information content (AvgIpc) is 3.16. The Labute approximate surface area is 180 Å². The molecule has 3 heterocycles. The number of amides is 1. The first-order valence-corrected chi connectivity index (χ1v) is 10.6. The molecule has 5 nitrogen and oxygen atoms in total. The molecule has 1 saturated heterocycles. The number of carbonyl (C=O) groups is 1. The molecule has 1 amide bonds. The highest BCUT2D eigenvalue weighted by molar-refractivity contribution is 6.31. The van der Waals surface area contributed by atoms with E-state index >= 15 is 0 Å². The van der Waals surface area contributed by atoms with Gasteiger partial charge in [-0.05, 0) is 48.9 Å². The van der Waals surface area contributed by atoms with Crippen molar-refractivity contribution in [3.63, 3.8) is 0 Å². The molecule has 5 rings (SSSR count). The molecular weight excluding hydrogens is 396 g/mol. The summed E-state index contributed by atoms with van der Waals surface area (Å²) in [6, 6.07) is 18.0. The monoisotopic (exact) mass is 418 g/mol. The second kappa shape index (κ2) is 7.65. The van der Waals surface area contributed by atoms with Crippen LogP contribution in [-0.2, 0) is 4.79 Å². The molecule has 1 N–H and O–H groups in total. The normalized spacial score (nSPS) is 15.7. The smallest absolute Gasteiger partial charge is 0.229 e. The van der Waals surface area contributed by atoms with E-state index in [2.05, 4.69) is 33.1 Å². The lowest BCUT2D eigenvalue weighted by Gasteiger charge is -2.36. The number of H-pyrrole nitrogens is 1. The Kier molecular flexibility index (Phi) is 4.83. The SMILES string of the molecule is CC(C(=O)N1CCN(c2ccccn2)CC1)c1ccc2c(c1)[nH]c1ccc(Cl)cc12. The number of anilines is 1. The van der Waals surface area contributed by atoms with Crippen LogP contribution < -0.4 is 4.90 Å². The van der Waals surface area contributed by atoms with Crippen LogP contribution in [0.5, 0.6) is 0 Å². The highest BCUT2D eigenvalue weighted by atomic mass is 35.5. The largest absolute Gasteiger partial charge is 0.355 e. The van der Waals surface area contributed by atoms with Gasteiger partial charge in [0.25, 0.3) is 0 Å². The van der Waals surface area contributed by atoms with E-state index in [4.69, 9.17) is 11.6 Å². The Bertz CT molecular complexity index is 1210. The van der Waals surface area contributed by atoms with E-state index in [0.29, 0.717) is 13.1 Å². The summed E-state index contributed by atoms with van der Waals surface area (Å²) in [4.78, 5) is 25.2. The zero-order valence-corrected chi connectivity index (χ0v) is 17.6. The zero-order valence-electron chi connectivity index (χ0n) is 16.8. The number of nitrogens with one attached hydrogen (secondary N) is 1. The molecule has 6 heteroatoms. The number of fused-ring (bicyclic) bond motifs is 3. The number of pyridine rings is 1. The first-order chi connectivity index (χ1) is 14.6. The Balaban J connectivity index is 1.33. The second-order valence-electron chi connectivity index (χ2n) is 7.84. The highest BCUT2D eigenvalue weighted by Crippen LogP contribution is 2.30. The third-order valence-corrected chi connectivity index (χ3v) is 6.25. The Morgan fingerprint density at radius 3 is 2.60 bits per heavy atom. The van der Waals surface area contributed by atoms with Crippen molar-refractivity contribution >= 4 is 45.1 Å². The number of aromatic amines is 1. The van der Waals surface area contributed by atoms with E-state index in [-0.39, 0.29) is 11.8 Å². The molecule has 0 spiro atoms. The van der Waals surface area contributed by atoms with Gasteiger partial charge in [-0.15, -0.1) is 0 Å². The van der Waals surface area contributed by atoms with Crippen molar-refractivity contribution in [3.05, 3.63) is 71.4 Å². The minimum Gasteiger partial charge on any atom is -0.355 e. The lowest BCUT2D eigenvalue weighted by Crippen LogP contribution is -2.50. The molecule has 1 fully saturated rings. The van der Waals surface area contributed by atoms with Gasteiger partial charge in [-0.1, -0.05) is 29.8 Å². The van der Waals surface area contributed by atoms with E-state index < -0.39 is 0 Å². The molecule has 0 bridgehead atoms. The number of halogens is 1. The van der Waals surface area contributed by atoms with E-state index in [1.807, 2.05) is 54.4 Å². The van der Waals surface area contributed by atoms with Gasteiger partial charge in [0.05, 0.1) is 5.92 Å². The number of hydrogen-bond donors (Lipinski definition) is 1. The Hall–Kier alpha value is -3.05. The van der Waals surface area contributed by atoms with Crippen LogP contribution in [0.25, 0.3) is 21.8 Å². The van der Waals surface area contributed by atoms with Gasteiger partial charge in [0.2, 0.25) is 5.91 Å². The van der Waals surface area contributed by atoms with Crippen LogP contribution in [-0.4, -0.2) is 47.0 Å². The molecule has 0 saturated carbocycles. The fourth-order valence-electron chi connectivity index (χ4n) is 4.28. The molecule has 1 unspecified atom stereocenters. The Morgan fingerprint density at radius 2 is 1.83 bits per heavy atom. The minimum absolute atomic E-state index is 0.175. The fraction of sp³-hybridized carbons (Fsp3) is 0.250. The highest BCUT2D eigenvalue weighted by Gasteiger charge is 2.26. The van der Waals surface area contributed by atoms with Gasteiger partial charge in [0.1, 0.15) is 5.82 Å². The summed E-state index contributed by atoms with van der Waals surface area (Å²) in [7, 11) is 0. The van der Waals surface area contributed by atoms with Crippen LogP contribution in [0.2, 0.25) is 5.02 Å². The summed E-state index contributed by atoms with van der Waals surface area (Å²) < 4.78 is 0. The summed E-state index contributed by atoms with van der Waals surface area (Å²) >= 11 is 6.16. The summed E-state index contributed by atoms with van der Waals surface area (Å²) in [5.41, 5.74) is 3.11. The van der Waals surface area contributed by atoms with Crippen molar-refractivity contribution in [3.8, 4) is 0 Å². The van der Waals surface area contributed by atoms with E-state index in [1.165, 1.54) is 0 Å². The number of piperazine rings is 1. The minimum atomic E-state index is -0.189. The summed E-state index contributed by atoms with van der Waals surface area (Å²) in [6.45, 7) is 5.03. The van der Waals surface area contributed by atoms with Gasteiger partial charge in [-0.3, -0.25) is 4.79 Å². The number of hydrogen-bond acceptors (Lipinski definition) is 3. The molecular formula is C24H23ClN4O. The van der Waals surface area contributed by atoms with E-state index in [1.54, 1.807) is 0 Å². The predicted molar refractivity (Wildman–Crippen MR) is 122 cm³/mol. The third-order valence-electron chi connectivity index (χ3n) is 6.02. The van der Waals surface area contributed by atoms with Crippen molar-refractivity contribution < 1.29 is 4.79 Å². The van der Waals surface area contributed by atoms with Gasteiger partial charge in [-0.2, -0.15) is 0 Å². The first kappa shape index (κ1) is 18.9. The topological polar surface area (TPSA) is 52.2 Å². The van der Waals surface area contributed by atoms with E-state index in [0.717, 1.165) is 51.3 Å². The van der Waals surface area contributed by atoms with Crippen LogP contribution in [0.3, 0.4) is 0 Å². The summed E-state index contributed by atoms with van der Waals surface area (Å²) in [5, 5.41) is 2.95. The quantitative estimate of drug-likeness (QED) is 0.518. The zero-order chi connectivity index (χ0) is 20.7. The predicted octanol–water partition coefficient (Wildman–Crippen LogP) is 4.82. The molecule has 1 aliphatic heterocycles. The number of benzene rings is 2. The van der Waals surface area contributed by atoms with Crippen molar-refractivity contribution in [2.24, 2.45) is 0 Å². The third kappa shape index (κ3) is 3.39. The Morgan fingerprint density at radius 1 is 1.00 bits per heavy atom. The standard InChI is InChI=1S/C24H23ClN4O/c1-16(24(30)29-12-10-28(11-13-29)23-4-2-3-9-26-23)17-5-7-19-20-15-18(25)6-8-21(20)27-22(19)14-17/h2-9,14-16,27H,10-13H2,1H3. The summed E-state index contributed by atoms with van der Waals surface area (Å²) in [6.07, 6.45) is 1.81. The molecule has 0 radical (unpaired) electrons. The fourth-order valence-corrected chi connectivity index (χ4v) is 4.45. The van der Waals surface area contributed by atoms with Crippen LogP contribution in [0.1, 0.15) is 18.4 Å². The van der Waals surface area contributed by atoms with Crippen LogP contribution in [0, 0.1) is 0 Å². The molecule has 1 atom stereocenters. The number of aromatic nitrogens is 2. The number of nitrogens with zero attached hydrogens (tertiary/aromatic N) is 3. The maximum atomic E-state index is 13.2. The maximum Gasteiger partial charge on any atom is 0.229 e. The molecule has 2 aromatic heterocycles. The van der Waals surface area contributed by atoms with Crippen LogP contribution >= 0.6 is 11.6 Å². The number of carbonyl (C=O) groups excluding carboxylic acids is 1. The summed E-state index contributed by atoms with van der Waals surface area (Å²) in [5.74, 6) is 0.960. The van der Waals surface area contributed by atoms with Gasteiger partial charge < -0.3 is 14.8 Å². The maximum absolute atomic E-state index is 13.2. The van der Waals surface area contributed by atoms with Gasteiger partial charge in [-0.25, -0.2) is 4.98 Å². The molecule has 1 aliphatic rings. The molecule has 4 aromatic rings. The van der Waals surface area contributed by atoms with Gasteiger partial charge >= 0.3 is 0 Å². The van der Waals surface area contributed by atoms with Crippen LogP contribution in [0.4, 0.5) is 5.82 Å². The van der Waals surface area contributed by atoms with Gasteiger partial charge in [0, 0.05) is 59.2 Å². The average molecular weight is 419 g/mol. The molecule has 152 valence electrons. The first-order valence-electron chi connectivity index (χ1n) is 10.3. The van der Waals surface area contributed by atoms with Gasteiger partial charge in [0.15, 0.2) is 0 Å².